The number of ether oxygens (including phenoxy) is 1. The van der Waals surface area contributed by atoms with E-state index in [9.17, 15) is 14.9 Å². The van der Waals surface area contributed by atoms with E-state index in [1.54, 1.807) is 20.1 Å². The Labute approximate surface area is 163 Å². The van der Waals surface area contributed by atoms with Crippen LogP contribution in [0, 0.1) is 24.0 Å². The van der Waals surface area contributed by atoms with Crippen molar-refractivity contribution < 1.29 is 9.66 Å². The predicted molar refractivity (Wildman–Crippen MR) is 108 cm³/mol. The Balaban J connectivity index is 1.82. The fourth-order valence-corrected chi connectivity index (χ4v) is 3.17. The summed E-state index contributed by atoms with van der Waals surface area (Å²) in [7, 11) is 1.56. The molecule has 0 saturated carbocycles. The number of non-ortho nitro benzene ring substituents is 1. The number of aryl methyl sites for hydroxylation is 2. The maximum absolute atomic E-state index is 12.5. The molecule has 0 unspecified atom stereocenters. The van der Waals surface area contributed by atoms with Crippen LogP contribution in [0.2, 0.25) is 0 Å². The van der Waals surface area contributed by atoms with Gasteiger partial charge >= 0.3 is 0 Å². The van der Waals surface area contributed by atoms with Crippen LogP contribution in [0.25, 0.3) is 21.8 Å². The van der Waals surface area contributed by atoms with E-state index in [0.29, 0.717) is 22.3 Å². The number of hydrogen-bond donors (Lipinski definition) is 2. The zero-order chi connectivity index (χ0) is 20.7. The van der Waals surface area contributed by atoms with Gasteiger partial charge in [0, 0.05) is 17.5 Å². The lowest BCUT2D eigenvalue weighted by atomic mass is 10.1. The Morgan fingerprint density at radius 3 is 2.62 bits per heavy atom. The first-order chi connectivity index (χ1) is 13.9. The van der Waals surface area contributed by atoms with Crippen LogP contribution in [0.15, 0.2) is 35.1 Å². The Morgan fingerprint density at radius 1 is 1.10 bits per heavy atom. The van der Waals surface area contributed by atoms with Gasteiger partial charge in [-0.25, -0.2) is 15.0 Å². The van der Waals surface area contributed by atoms with Crippen molar-refractivity contribution in [1.29, 1.82) is 0 Å². The fourth-order valence-electron chi connectivity index (χ4n) is 3.17. The molecule has 2 aromatic heterocycles. The minimum atomic E-state index is -0.545. The second-order valence-corrected chi connectivity index (χ2v) is 6.44. The van der Waals surface area contributed by atoms with Gasteiger partial charge in [0.05, 0.1) is 28.6 Å². The average Bonchev–Trinajstić information content (AvgIpc) is 2.68. The van der Waals surface area contributed by atoms with Crippen molar-refractivity contribution in [3.8, 4) is 5.75 Å². The first kappa shape index (κ1) is 18.3. The largest absolute Gasteiger partial charge is 0.494 e. The molecule has 4 aromatic rings. The number of nitrogens with one attached hydrogen (secondary N) is 2. The van der Waals surface area contributed by atoms with E-state index in [4.69, 9.17) is 4.74 Å². The zero-order valence-corrected chi connectivity index (χ0v) is 15.8. The van der Waals surface area contributed by atoms with Gasteiger partial charge in [-0.3, -0.25) is 25.2 Å². The summed E-state index contributed by atoms with van der Waals surface area (Å²) in [5, 5.41) is 14.9. The molecule has 0 atom stereocenters. The Bertz CT molecular complexity index is 1350. The van der Waals surface area contributed by atoms with E-state index < -0.39 is 10.5 Å². The third-order valence-corrected chi connectivity index (χ3v) is 4.53. The lowest BCUT2D eigenvalue weighted by Gasteiger charge is -2.10. The van der Waals surface area contributed by atoms with Crippen molar-refractivity contribution in [1.82, 2.24) is 19.9 Å². The van der Waals surface area contributed by atoms with Gasteiger partial charge in [-0.2, -0.15) is 0 Å². The molecule has 2 heterocycles. The molecular weight excluding hydrogens is 376 g/mol. The number of nitro benzene ring substituents is 1. The molecule has 0 bridgehead atoms. The normalized spacial score (nSPS) is 11.0. The lowest BCUT2D eigenvalue weighted by Crippen LogP contribution is -2.13. The van der Waals surface area contributed by atoms with Gasteiger partial charge in [-0.05, 0) is 25.5 Å². The van der Waals surface area contributed by atoms with Crippen molar-refractivity contribution in [3.05, 3.63) is 62.1 Å². The third-order valence-electron chi connectivity index (χ3n) is 4.53. The molecule has 0 amide bonds. The summed E-state index contributed by atoms with van der Waals surface area (Å²) in [6.07, 6.45) is 0. The van der Waals surface area contributed by atoms with Crippen LogP contribution in [-0.2, 0) is 0 Å². The smallest absolute Gasteiger partial charge is 0.270 e. The highest BCUT2D eigenvalue weighted by atomic mass is 16.6. The first-order valence-corrected chi connectivity index (χ1v) is 8.65. The number of fused-ring (bicyclic) bond motifs is 2. The number of aromatic amines is 1. The number of para-hydroxylation sites is 1. The van der Waals surface area contributed by atoms with Gasteiger partial charge in [0.15, 0.2) is 0 Å². The molecule has 146 valence electrons. The molecule has 0 aliphatic rings. The van der Waals surface area contributed by atoms with Crippen molar-refractivity contribution in [2.75, 3.05) is 12.4 Å². The van der Waals surface area contributed by atoms with Gasteiger partial charge in [-0.15, -0.1) is 0 Å². The molecule has 0 aliphatic carbocycles. The zero-order valence-electron chi connectivity index (χ0n) is 15.8. The SMILES string of the molecule is COc1cccc2c(C)nc(Nc3nc4c(C)cc([N+](=O)[O-])cc4c(=O)[nH]3)nc12. The molecular formula is C19H16N6O4. The number of benzene rings is 2. The molecule has 29 heavy (non-hydrogen) atoms. The summed E-state index contributed by atoms with van der Waals surface area (Å²) in [6.45, 7) is 3.50. The summed E-state index contributed by atoms with van der Waals surface area (Å²) < 4.78 is 5.36. The number of methoxy groups -OCH3 is 1. The molecule has 10 nitrogen and oxygen atoms in total. The van der Waals surface area contributed by atoms with Crippen LogP contribution < -0.4 is 15.6 Å². The van der Waals surface area contributed by atoms with Crippen LogP contribution >= 0.6 is 0 Å². The molecule has 2 aromatic carbocycles. The Morgan fingerprint density at radius 2 is 1.90 bits per heavy atom. The van der Waals surface area contributed by atoms with Crippen LogP contribution in [-0.4, -0.2) is 32.0 Å². The van der Waals surface area contributed by atoms with E-state index in [2.05, 4.69) is 25.3 Å². The van der Waals surface area contributed by atoms with E-state index in [0.717, 1.165) is 11.1 Å². The molecule has 10 heteroatoms. The van der Waals surface area contributed by atoms with Crippen molar-refractivity contribution in [2.45, 2.75) is 13.8 Å². The maximum atomic E-state index is 12.5. The summed E-state index contributed by atoms with van der Waals surface area (Å²) in [5.41, 5.74) is 1.56. The van der Waals surface area contributed by atoms with Gasteiger partial charge in [0.25, 0.3) is 11.2 Å². The average molecular weight is 392 g/mol. The Hall–Kier alpha value is -4.08. The Kier molecular flexibility index (Phi) is 4.30. The minimum absolute atomic E-state index is 0.133. The predicted octanol–water partition coefficient (Wildman–Crippen LogP) is 3.14. The molecule has 0 radical (unpaired) electrons. The van der Waals surface area contributed by atoms with Crippen molar-refractivity contribution >= 4 is 39.4 Å². The van der Waals surface area contributed by atoms with Crippen LogP contribution in [0.1, 0.15) is 11.3 Å². The molecule has 0 saturated heterocycles. The number of H-pyrrole nitrogens is 1. The van der Waals surface area contributed by atoms with Crippen LogP contribution in [0.3, 0.4) is 0 Å². The van der Waals surface area contributed by atoms with Crippen molar-refractivity contribution in [2.24, 2.45) is 0 Å². The van der Waals surface area contributed by atoms with Gasteiger partial charge in [0.1, 0.15) is 11.3 Å². The summed E-state index contributed by atoms with van der Waals surface area (Å²) >= 11 is 0. The summed E-state index contributed by atoms with van der Waals surface area (Å²) in [5.74, 6) is 0.967. The fraction of sp³-hybridized carbons (Fsp3) is 0.158. The standard InChI is InChI=1S/C19H16N6O4/c1-9-7-11(25(27)28)8-13-15(9)21-19(23-17(13)26)24-18-20-10(2)12-5-4-6-14(29-3)16(12)22-18/h4-8H,1-3H3,(H2,20,21,22,23,24,26). The molecule has 2 N–H and O–H groups in total. The number of nitro groups is 1. The van der Waals surface area contributed by atoms with E-state index in [1.165, 1.54) is 12.1 Å². The van der Waals surface area contributed by atoms with Crippen molar-refractivity contribution in [3.63, 3.8) is 0 Å². The van der Waals surface area contributed by atoms with Gasteiger partial charge < -0.3 is 4.74 Å². The minimum Gasteiger partial charge on any atom is -0.494 e. The highest BCUT2D eigenvalue weighted by Crippen LogP contribution is 2.27. The molecule has 0 spiro atoms. The highest BCUT2D eigenvalue weighted by Gasteiger charge is 2.15. The maximum Gasteiger partial charge on any atom is 0.270 e. The first-order valence-electron chi connectivity index (χ1n) is 8.65. The number of aromatic nitrogens is 4. The van der Waals surface area contributed by atoms with E-state index in [1.807, 2.05) is 19.1 Å². The van der Waals surface area contributed by atoms with Gasteiger partial charge in [0.2, 0.25) is 11.9 Å². The molecule has 0 aliphatic heterocycles. The lowest BCUT2D eigenvalue weighted by molar-refractivity contribution is -0.384. The monoisotopic (exact) mass is 392 g/mol. The quantitative estimate of drug-likeness (QED) is 0.399. The number of hydrogen-bond acceptors (Lipinski definition) is 8. The second-order valence-electron chi connectivity index (χ2n) is 6.44. The van der Waals surface area contributed by atoms with Gasteiger partial charge in [-0.1, -0.05) is 12.1 Å². The van der Waals surface area contributed by atoms with E-state index >= 15 is 0 Å². The second kappa shape index (κ2) is 6.82. The van der Waals surface area contributed by atoms with E-state index in [-0.39, 0.29) is 23.0 Å². The number of rotatable bonds is 4. The van der Waals surface area contributed by atoms with Crippen LogP contribution in [0.5, 0.6) is 5.75 Å². The third kappa shape index (κ3) is 3.20. The molecule has 4 rings (SSSR count). The summed E-state index contributed by atoms with van der Waals surface area (Å²) in [6, 6.07) is 8.13. The topological polar surface area (TPSA) is 136 Å². The summed E-state index contributed by atoms with van der Waals surface area (Å²) in [4.78, 5) is 38.8. The number of nitrogens with zero attached hydrogens (tertiary/aromatic N) is 4. The highest BCUT2D eigenvalue weighted by molar-refractivity contribution is 5.88. The molecule has 0 fully saturated rings. The number of anilines is 2. The van der Waals surface area contributed by atoms with Crippen LogP contribution in [0.4, 0.5) is 17.6 Å².